The predicted molar refractivity (Wildman–Crippen MR) is 108 cm³/mol. The lowest BCUT2D eigenvalue weighted by molar-refractivity contribution is -0.114. The van der Waals surface area contributed by atoms with Gasteiger partial charge in [0.05, 0.1) is 46.9 Å². The second-order valence-corrected chi connectivity index (χ2v) is 6.93. The van der Waals surface area contributed by atoms with Crippen LogP contribution < -0.4 is 15.5 Å². The van der Waals surface area contributed by atoms with Crippen LogP contribution in [-0.4, -0.2) is 38.8 Å². The number of rotatable bonds is 5. The maximum atomic E-state index is 12.3. The van der Waals surface area contributed by atoms with E-state index >= 15 is 0 Å². The molecule has 2 aromatic rings. The molecule has 1 aliphatic heterocycles. The predicted octanol–water partition coefficient (Wildman–Crippen LogP) is 4.19. The van der Waals surface area contributed by atoms with E-state index in [0.29, 0.717) is 28.9 Å². The Labute approximate surface area is 163 Å². The first kappa shape index (κ1) is 18.8. The minimum absolute atomic E-state index is 0.113. The van der Waals surface area contributed by atoms with Crippen LogP contribution in [0, 0.1) is 6.92 Å². The fourth-order valence-electron chi connectivity index (χ4n) is 2.86. The second kappa shape index (κ2) is 8.62. The Balaban J connectivity index is 1.67. The lowest BCUT2D eigenvalue weighted by Gasteiger charge is -2.31. The van der Waals surface area contributed by atoms with Gasteiger partial charge in [0, 0.05) is 13.1 Å². The molecule has 0 bridgehead atoms. The van der Waals surface area contributed by atoms with E-state index in [-0.39, 0.29) is 12.5 Å². The average Bonchev–Trinajstić information content (AvgIpc) is 2.63. The highest BCUT2D eigenvalue weighted by Crippen LogP contribution is 2.34. The van der Waals surface area contributed by atoms with Gasteiger partial charge in [-0.2, -0.15) is 0 Å². The number of amides is 1. The van der Waals surface area contributed by atoms with E-state index < -0.39 is 0 Å². The summed E-state index contributed by atoms with van der Waals surface area (Å²) in [4.78, 5) is 14.5. The van der Waals surface area contributed by atoms with Crippen LogP contribution in [0.5, 0.6) is 0 Å². The third kappa shape index (κ3) is 4.61. The van der Waals surface area contributed by atoms with Gasteiger partial charge in [-0.1, -0.05) is 35.3 Å². The van der Waals surface area contributed by atoms with Crippen LogP contribution in [0.15, 0.2) is 36.4 Å². The van der Waals surface area contributed by atoms with E-state index in [1.54, 1.807) is 6.07 Å². The number of carbonyl (C=O) groups excluding carboxylic acids is 1. The van der Waals surface area contributed by atoms with Crippen LogP contribution in [-0.2, 0) is 9.53 Å². The third-order valence-corrected chi connectivity index (χ3v) is 4.77. The van der Waals surface area contributed by atoms with Crippen molar-refractivity contribution >= 4 is 46.2 Å². The van der Waals surface area contributed by atoms with Crippen molar-refractivity contribution in [2.45, 2.75) is 6.92 Å². The van der Waals surface area contributed by atoms with Gasteiger partial charge in [0.1, 0.15) is 0 Å². The third-order valence-electron chi connectivity index (χ3n) is 4.15. The molecular formula is C19H21Cl2N3O2. The van der Waals surface area contributed by atoms with E-state index in [0.717, 1.165) is 30.0 Å². The van der Waals surface area contributed by atoms with Crippen LogP contribution in [0.4, 0.5) is 17.1 Å². The van der Waals surface area contributed by atoms with Crippen molar-refractivity contribution in [2.24, 2.45) is 0 Å². The number of ether oxygens (including phenoxy) is 1. The zero-order valence-electron chi connectivity index (χ0n) is 14.5. The summed E-state index contributed by atoms with van der Waals surface area (Å²) in [6.07, 6.45) is 0. The molecule has 0 atom stereocenters. The quantitative estimate of drug-likeness (QED) is 0.799. The first-order valence-corrected chi connectivity index (χ1v) is 9.21. The molecule has 3 rings (SSSR count). The van der Waals surface area contributed by atoms with Crippen molar-refractivity contribution in [3.05, 3.63) is 52.0 Å². The van der Waals surface area contributed by atoms with Crippen LogP contribution in [0.25, 0.3) is 0 Å². The summed E-state index contributed by atoms with van der Waals surface area (Å²) in [7, 11) is 0. The molecule has 5 nitrogen and oxygen atoms in total. The monoisotopic (exact) mass is 393 g/mol. The molecule has 0 spiro atoms. The molecule has 7 heteroatoms. The smallest absolute Gasteiger partial charge is 0.243 e. The van der Waals surface area contributed by atoms with Crippen LogP contribution in [0.3, 0.4) is 0 Å². The molecule has 0 radical (unpaired) electrons. The largest absolute Gasteiger partial charge is 0.378 e. The van der Waals surface area contributed by atoms with E-state index in [9.17, 15) is 4.79 Å². The van der Waals surface area contributed by atoms with E-state index in [2.05, 4.69) is 15.5 Å². The Hall–Kier alpha value is -1.95. The number of nitrogens with one attached hydrogen (secondary N) is 2. The molecule has 1 amide bonds. The van der Waals surface area contributed by atoms with Crippen LogP contribution in [0.1, 0.15) is 5.56 Å². The molecule has 0 saturated carbocycles. The Bertz CT molecular complexity index is 792. The lowest BCUT2D eigenvalue weighted by atomic mass is 10.2. The number of carbonyl (C=O) groups is 1. The maximum absolute atomic E-state index is 12.3. The summed E-state index contributed by atoms with van der Waals surface area (Å²) < 4.78 is 5.40. The molecule has 26 heavy (non-hydrogen) atoms. The lowest BCUT2D eigenvalue weighted by Crippen LogP contribution is -2.37. The SMILES string of the molecule is Cc1ccc(NC(=O)CNc2cccc(Cl)c2N2CCOCC2)c(Cl)c1. The Kier molecular flexibility index (Phi) is 6.25. The number of anilines is 3. The van der Waals surface area contributed by atoms with Gasteiger partial charge in [-0.25, -0.2) is 0 Å². The minimum Gasteiger partial charge on any atom is -0.378 e. The van der Waals surface area contributed by atoms with Crippen molar-refractivity contribution in [1.29, 1.82) is 0 Å². The van der Waals surface area contributed by atoms with Crippen molar-refractivity contribution in [3.63, 3.8) is 0 Å². The number of para-hydroxylation sites is 1. The number of hydrogen-bond donors (Lipinski definition) is 2. The highest BCUT2D eigenvalue weighted by Gasteiger charge is 2.18. The van der Waals surface area contributed by atoms with Gasteiger partial charge in [-0.15, -0.1) is 0 Å². The van der Waals surface area contributed by atoms with Gasteiger partial charge in [0.15, 0.2) is 0 Å². The summed E-state index contributed by atoms with van der Waals surface area (Å²) in [5.41, 5.74) is 3.37. The molecule has 0 unspecified atom stereocenters. The number of halogens is 2. The topological polar surface area (TPSA) is 53.6 Å². The van der Waals surface area contributed by atoms with Gasteiger partial charge in [0.2, 0.25) is 5.91 Å². The maximum Gasteiger partial charge on any atom is 0.243 e. The van der Waals surface area contributed by atoms with Crippen molar-refractivity contribution in [3.8, 4) is 0 Å². The summed E-state index contributed by atoms with van der Waals surface area (Å²) in [5, 5.41) is 7.18. The number of morpholine rings is 1. The standard InChI is InChI=1S/C19H21Cl2N3O2/c1-13-5-6-16(15(21)11-13)23-18(25)12-22-17-4-2-3-14(20)19(17)24-7-9-26-10-8-24/h2-6,11,22H,7-10,12H2,1H3,(H,23,25). The molecule has 0 aromatic heterocycles. The van der Waals surface area contributed by atoms with E-state index in [4.69, 9.17) is 27.9 Å². The summed E-state index contributed by atoms with van der Waals surface area (Å²) in [6.45, 7) is 4.93. The Morgan fingerprint density at radius 1 is 1.12 bits per heavy atom. The zero-order chi connectivity index (χ0) is 18.5. The molecule has 0 aliphatic carbocycles. The van der Waals surface area contributed by atoms with Gasteiger partial charge >= 0.3 is 0 Å². The molecular weight excluding hydrogens is 373 g/mol. The number of nitrogens with zero attached hydrogens (tertiary/aromatic N) is 1. The van der Waals surface area contributed by atoms with Crippen molar-refractivity contribution in [2.75, 3.05) is 48.4 Å². The molecule has 1 fully saturated rings. The van der Waals surface area contributed by atoms with Gasteiger partial charge in [0.25, 0.3) is 0 Å². The van der Waals surface area contributed by atoms with Gasteiger partial charge < -0.3 is 20.3 Å². The highest BCUT2D eigenvalue weighted by molar-refractivity contribution is 6.34. The molecule has 1 aliphatic rings. The summed E-state index contributed by atoms with van der Waals surface area (Å²) in [5.74, 6) is -0.177. The van der Waals surface area contributed by atoms with Crippen LogP contribution >= 0.6 is 23.2 Å². The fourth-order valence-corrected chi connectivity index (χ4v) is 3.43. The summed E-state index contributed by atoms with van der Waals surface area (Å²) >= 11 is 12.6. The number of hydrogen-bond acceptors (Lipinski definition) is 4. The van der Waals surface area contributed by atoms with Gasteiger partial charge in [-0.3, -0.25) is 4.79 Å². The molecule has 2 N–H and O–H groups in total. The Morgan fingerprint density at radius 2 is 1.88 bits per heavy atom. The second-order valence-electron chi connectivity index (χ2n) is 6.12. The minimum atomic E-state index is -0.177. The number of aryl methyl sites for hydroxylation is 1. The average molecular weight is 394 g/mol. The van der Waals surface area contributed by atoms with E-state index in [1.165, 1.54) is 0 Å². The molecule has 2 aromatic carbocycles. The van der Waals surface area contributed by atoms with Crippen molar-refractivity contribution < 1.29 is 9.53 Å². The van der Waals surface area contributed by atoms with Crippen LogP contribution in [0.2, 0.25) is 10.0 Å². The normalized spacial score (nSPS) is 14.2. The molecule has 1 saturated heterocycles. The zero-order valence-corrected chi connectivity index (χ0v) is 16.0. The number of benzene rings is 2. The Morgan fingerprint density at radius 3 is 2.62 bits per heavy atom. The molecule has 138 valence electrons. The van der Waals surface area contributed by atoms with Gasteiger partial charge in [-0.05, 0) is 36.8 Å². The molecule has 1 heterocycles. The summed E-state index contributed by atoms with van der Waals surface area (Å²) in [6, 6.07) is 11.2. The highest BCUT2D eigenvalue weighted by atomic mass is 35.5. The van der Waals surface area contributed by atoms with Crippen molar-refractivity contribution in [1.82, 2.24) is 0 Å². The first-order chi connectivity index (χ1) is 12.5. The fraction of sp³-hybridized carbons (Fsp3) is 0.316. The van der Waals surface area contributed by atoms with E-state index in [1.807, 2.05) is 37.3 Å². The first-order valence-electron chi connectivity index (χ1n) is 8.45.